The minimum atomic E-state index is -0.492. The first kappa shape index (κ1) is 25.7. The van der Waals surface area contributed by atoms with Gasteiger partial charge in [-0.3, -0.25) is 19.0 Å². The van der Waals surface area contributed by atoms with E-state index in [2.05, 4.69) is 10.6 Å². The highest BCUT2D eigenvalue weighted by Gasteiger charge is 2.18. The van der Waals surface area contributed by atoms with Crippen LogP contribution in [0.5, 0.6) is 0 Å². The number of benzene rings is 2. The number of rotatable bonds is 7. The molecule has 0 aliphatic carbocycles. The summed E-state index contributed by atoms with van der Waals surface area (Å²) in [6.45, 7) is 7.70. The summed E-state index contributed by atoms with van der Waals surface area (Å²) < 4.78 is 2.17. The van der Waals surface area contributed by atoms with Crippen LogP contribution in [0.25, 0.3) is 17.3 Å². The number of aryl methyl sites for hydroxylation is 2. The average Bonchev–Trinajstić information content (AvgIpc) is 3.11. The van der Waals surface area contributed by atoms with Gasteiger partial charge in [-0.1, -0.05) is 43.7 Å². The highest BCUT2D eigenvalue weighted by Crippen LogP contribution is 2.16. The summed E-state index contributed by atoms with van der Waals surface area (Å²) >= 11 is 1.11. The summed E-state index contributed by atoms with van der Waals surface area (Å²) in [6, 6.07) is 14.8. The van der Waals surface area contributed by atoms with Crippen LogP contribution in [0.2, 0.25) is 0 Å². The molecular formula is C27H28N4O3S. The zero-order valence-electron chi connectivity index (χ0n) is 20.3. The summed E-state index contributed by atoms with van der Waals surface area (Å²) in [5, 5.41) is 15.4. The van der Waals surface area contributed by atoms with Gasteiger partial charge in [-0.25, -0.2) is 0 Å². The quantitative estimate of drug-likeness (QED) is 0.499. The fourth-order valence-corrected chi connectivity index (χ4v) is 4.78. The van der Waals surface area contributed by atoms with Crippen LogP contribution in [0, 0.1) is 25.2 Å². The van der Waals surface area contributed by atoms with Crippen molar-refractivity contribution in [3.8, 4) is 11.8 Å². The summed E-state index contributed by atoms with van der Waals surface area (Å²) in [5.74, 6) is -0.661. The minimum absolute atomic E-state index is 0.0912. The summed E-state index contributed by atoms with van der Waals surface area (Å²) in [5.41, 5.74) is 3.40. The van der Waals surface area contributed by atoms with Gasteiger partial charge in [0.25, 0.3) is 11.5 Å². The van der Waals surface area contributed by atoms with Crippen LogP contribution in [0.15, 0.2) is 47.3 Å². The van der Waals surface area contributed by atoms with Gasteiger partial charge in [-0.2, -0.15) is 5.26 Å². The van der Waals surface area contributed by atoms with Crippen LogP contribution >= 0.6 is 11.3 Å². The molecule has 1 aromatic heterocycles. The monoisotopic (exact) mass is 488 g/mol. The highest BCUT2D eigenvalue weighted by molar-refractivity contribution is 7.07. The topological polar surface area (TPSA) is 104 Å². The summed E-state index contributed by atoms with van der Waals surface area (Å²) in [6.07, 6.45) is 3.43. The second kappa shape index (κ2) is 11.4. The Bertz CT molecular complexity index is 1450. The van der Waals surface area contributed by atoms with Crippen LogP contribution in [0.3, 0.4) is 0 Å². The molecule has 3 rings (SSSR count). The van der Waals surface area contributed by atoms with Crippen molar-refractivity contribution >= 4 is 40.5 Å². The van der Waals surface area contributed by atoms with Gasteiger partial charge in [0.2, 0.25) is 5.91 Å². The van der Waals surface area contributed by atoms with Crippen LogP contribution in [0.4, 0.5) is 5.69 Å². The van der Waals surface area contributed by atoms with Crippen molar-refractivity contribution in [1.82, 2.24) is 9.88 Å². The molecule has 2 aromatic carbocycles. The molecule has 0 aliphatic rings. The third kappa shape index (κ3) is 5.94. The second-order valence-electron chi connectivity index (χ2n) is 8.20. The normalized spacial score (nSPS) is 12.1. The average molecular weight is 489 g/mol. The molecular weight excluding hydrogens is 460 g/mol. The van der Waals surface area contributed by atoms with Gasteiger partial charge in [-0.15, -0.1) is 11.3 Å². The Hall–Kier alpha value is -3.96. The van der Waals surface area contributed by atoms with Crippen LogP contribution in [-0.2, 0) is 9.59 Å². The van der Waals surface area contributed by atoms with Crippen molar-refractivity contribution in [2.24, 2.45) is 0 Å². The Morgan fingerprint density at radius 1 is 1.11 bits per heavy atom. The molecule has 0 bridgehead atoms. The van der Waals surface area contributed by atoms with Gasteiger partial charge in [0.15, 0.2) is 5.57 Å². The number of carbonyl (C=O) groups is 2. The Balaban J connectivity index is 2.27. The number of anilines is 1. The standard InChI is InChI=1S/C27H28N4O3S/c1-5-6-14-29-25(33)22(16-28)27-31(24-17(2)8-7-9-18(24)3)26(34)23(35-27)15-20-10-12-21(13-11-20)30-19(4)32/h7-13,15H,5-6,14H2,1-4H3,(H,29,33)(H,30,32)/b23-15-,27-22-. The molecule has 2 N–H and O–H groups in total. The molecule has 0 saturated carbocycles. The molecule has 0 saturated heterocycles. The first-order valence-corrected chi connectivity index (χ1v) is 12.2. The first-order chi connectivity index (χ1) is 16.8. The second-order valence-corrected chi connectivity index (χ2v) is 9.23. The molecule has 1 heterocycles. The van der Waals surface area contributed by atoms with E-state index in [4.69, 9.17) is 0 Å². The third-order valence-electron chi connectivity index (χ3n) is 5.38. The van der Waals surface area contributed by atoms with Gasteiger partial charge < -0.3 is 10.6 Å². The highest BCUT2D eigenvalue weighted by atomic mass is 32.1. The number of aromatic nitrogens is 1. The molecule has 3 aromatic rings. The van der Waals surface area contributed by atoms with Crippen LogP contribution < -0.4 is 25.4 Å². The van der Waals surface area contributed by atoms with Gasteiger partial charge in [0.05, 0.1) is 10.2 Å². The van der Waals surface area contributed by atoms with E-state index < -0.39 is 5.91 Å². The molecule has 0 radical (unpaired) electrons. The van der Waals surface area contributed by atoms with Crippen molar-refractivity contribution < 1.29 is 9.59 Å². The van der Waals surface area contributed by atoms with E-state index in [1.165, 1.54) is 11.5 Å². The maximum Gasteiger partial charge on any atom is 0.273 e. The molecule has 0 fully saturated rings. The Kier molecular flexibility index (Phi) is 8.39. The van der Waals surface area contributed by atoms with Crippen molar-refractivity contribution in [2.45, 2.75) is 40.5 Å². The number of thiazole rings is 1. The predicted octanol–water partition coefficient (Wildman–Crippen LogP) is 2.89. The number of hydrogen-bond donors (Lipinski definition) is 2. The lowest BCUT2D eigenvalue weighted by Crippen LogP contribution is -2.34. The number of nitrogens with one attached hydrogen (secondary N) is 2. The van der Waals surface area contributed by atoms with Crippen molar-refractivity contribution in [2.75, 3.05) is 11.9 Å². The fraction of sp³-hybridized carbons (Fsp3) is 0.259. The first-order valence-electron chi connectivity index (χ1n) is 11.4. The van der Waals surface area contributed by atoms with Crippen molar-refractivity contribution in [3.05, 3.63) is 78.7 Å². The van der Waals surface area contributed by atoms with E-state index in [1.54, 1.807) is 30.3 Å². The molecule has 0 atom stereocenters. The van der Waals surface area contributed by atoms with Gasteiger partial charge >= 0.3 is 0 Å². The number of carbonyl (C=O) groups excluding carboxylic acids is 2. The number of amides is 2. The fourth-order valence-electron chi connectivity index (χ4n) is 3.69. The lowest BCUT2D eigenvalue weighted by atomic mass is 10.1. The van der Waals surface area contributed by atoms with E-state index in [9.17, 15) is 19.6 Å². The van der Waals surface area contributed by atoms with Gasteiger partial charge in [-0.05, 0) is 55.2 Å². The Morgan fingerprint density at radius 2 is 1.77 bits per heavy atom. The maximum atomic E-state index is 13.6. The van der Waals surface area contributed by atoms with E-state index >= 15 is 0 Å². The van der Waals surface area contributed by atoms with Gasteiger partial charge in [0, 0.05) is 19.2 Å². The molecule has 0 aliphatic heterocycles. The minimum Gasteiger partial charge on any atom is -0.351 e. The predicted molar refractivity (Wildman–Crippen MR) is 140 cm³/mol. The van der Waals surface area contributed by atoms with Crippen LogP contribution in [-0.4, -0.2) is 22.9 Å². The summed E-state index contributed by atoms with van der Waals surface area (Å²) in [4.78, 5) is 37.8. The lowest BCUT2D eigenvalue weighted by molar-refractivity contribution is -0.116. The Morgan fingerprint density at radius 3 is 2.34 bits per heavy atom. The zero-order valence-corrected chi connectivity index (χ0v) is 21.1. The molecule has 7 nitrogen and oxygen atoms in total. The Labute approximate surface area is 208 Å². The zero-order chi connectivity index (χ0) is 25.5. The maximum absolute atomic E-state index is 13.6. The van der Waals surface area contributed by atoms with Crippen molar-refractivity contribution in [1.29, 1.82) is 5.26 Å². The summed E-state index contributed by atoms with van der Waals surface area (Å²) in [7, 11) is 0. The SMILES string of the molecule is CCCCNC(=O)/C(C#N)=c1\s/c(=C\c2ccc(NC(C)=O)cc2)c(=O)n1-c1c(C)cccc1C. The molecule has 2 amide bonds. The molecule has 0 spiro atoms. The molecule has 180 valence electrons. The van der Waals surface area contributed by atoms with Crippen molar-refractivity contribution in [3.63, 3.8) is 0 Å². The largest absolute Gasteiger partial charge is 0.351 e. The third-order valence-corrected chi connectivity index (χ3v) is 6.48. The van der Waals surface area contributed by atoms with Gasteiger partial charge in [0.1, 0.15) is 10.7 Å². The van der Waals surface area contributed by atoms with E-state index in [0.29, 0.717) is 27.1 Å². The smallest absolute Gasteiger partial charge is 0.273 e. The molecule has 35 heavy (non-hydrogen) atoms. The molecule has 8 heteroatoms. The van der Waals surface area contributed by atoms with Crippen LogP contribution in [0.1, 0.15) is 43.4 Å². The number of hydrogen-bond acceptors (Lipinski definition) is 5. The van der Waals surface area contributed by atoms with E-state index in [1.807, 2.05) is 45.0 Å². The molecule has 0 unspecified atom stereocenters. The van der Waals surface area contributed by atoms with E-state index in [0.717, 1.165) is 40.9 Å². The number of unbranched alkanes of at least 4 members (excludes halogenated alkanes) is 1. The number of nitriles is 1. The lowest BCUT2D eigenvalue weighted by Gasteiger charge is -2.11. The number of nitrogens with zero attached hydrogens (tertiary/aromatic N) is 2. The number of para-hydroxylation sites is 1. The van der Waals surface area contributed by atoms with E-state index in [-0.39, 0.29) is 17.0 Å².